The van der Waals surface area contributed by atoms with Gasteiger partial charge in [0.05, 0.1) is 6.61 Å². The van der Waals surface area contributed by atoms with Gasteiger partial charge in [-0.1, -0.05) is 19.8 Å². The maximum Gasteiger partial charge on any atom is 0.325 e. The number of imide groups is 1. The van der Waals surface area contributed by atoms with Gasteiger partial charge in [0.15, 0.2) is 0 Å². The van der Waals surface area contributed by atoms with E-state index < -0.39 is 11.6 Å². The van der Waals surface area contributed by atoms with Gasteiger partial charge in [0.1, 0.15) is 23.7 Å². The molecule has 1 saturated heterocycles. The van der Waals surface area contributed by atoms with E-state index in [2.05, 4.69) is 10.6 Å². The highest BCUT2D eigenvalue weighted by atomic mass is 19.1. The molecule has 1 aromatic carbocycles. The standard InChI is InChI=1S/C21H28FN3O4/c1-15-6-2-3-11-21(15)19(27)25(20(28)24-21)14-18(26)23-12-4-5-13-29-17-9-7-16(22)8-10-17/h7-10,15H,2-6,11-14H2,1H3,(H,23,26)(H,24,28). The van der Waals surface area contributed by atoms with Crippen LogP contribution in [0.2, 0.25) is 0 Å². The van der Waals surface area contributed by atoms with Crippen LogP contribution in [-0.4, -0.2) is 48.0 Å². The van der Waals surface area contributed by atoms with Crippen LogP contribution >= 0.6 is 0 Å². The zero-order chi connectivity index (χ0) is 20.9. The fraction of sp³-hybridized carbons (Fsp3) is 0.571. The summed E-state index contributed by atoms with van der Waals surface area (Å²) in [5.41, 5.74) is -0.840. The fourth-order valence-electron chi connectivity index (χ4n) is 4.01. The quantitative estimate of drug-likeness (QED) is 0.514. The van der Waals surface area contributed by atoms with Gasteiger partial charge in [0, 0.05) is 6.54 Å². The number of ether oxygens (including phenoxy) is 1. The molecule has 4 amide bonds. The Morgan fingerprint density at radius 1 is 1.28 bits per heavy atom. The van der Waals surface area contributed by atoms with Crippen molar-refractivity contribution in [2.45, 2.75) is 51.0 Å². The van der Waals surface area contributed by atoms with Crippen molar-refractivity contribution >= 4 is 17.8 Å². The molecule has 0 radical (unpaired) electrons. The van der Waals surface area contributed by atoms with E-state index in [9.17, 15) is 18.8 Å². The number of hydrogen-bond acceptors (Lipinski definition) is 4. The molecule has 2 fully saturated rings. The number of nitrogens with one attached hydrogen (secondary N) is 2. The first-order valence-corrected chi connectivity index (χ1v) is 10.2. The summed E-state index contributed by atoms with van der Waals surface area (Å²) in [5, 5.41) is 5.59. The van der Waals surface area contributed by atoms with Gasteiger partial charge in [-0.25, -0.2) is 9.18 Å². The molecule has 2 atom stereocenters. The third-order valence-electron chi connectivity index (χ3n) is 5.78. The number of amides is 4. The third-order valence-corrected chi connectivity index (χ3v) is 5.78. The summed E-state index contributed by atoms with van der Waals surface area (Å²) in [5.74, 6) is -0.276. The molecular formula is C21H28FN3O4. The van der Waals surface area contributed by atoms with E-state index in [1.807, 2.05) is 6.92 Å². The van der Waals surface area contributed by atoms with Crippen molar-refractivity contribution in [2.24, 2.45) is 5.92 Å². The lowest BCUT2D eigenvalue weighted by Gasteiger charge is -2.36. The van der Waals surface area contributed by atoms with Crippen LogP contribution in [0.15, 0.2) is 24.3 Å². The normalized spacial score (nSPS) is 23.9. The third kappa shape index (κ3) is 4.86. The lowest BCUT2D eigenvalue weighted by Crippen LogP contribution is -2.54. The average Bonchev–Trinajstić information content (AvgIpc) is 2.93. The highest BCUT2D eigenvalue weighted by Crippen LogP contribution is 2.38. The van der Waals surface area contributed by atoms with Crippen LogP contribution in [0.3, 0.4) is 0 Å². The van der Waals surface area contributed by atoms with E-state index in [0.29, 0.717) is 38.2 Å². The van der Waals surface area contributed by atoms with Crippen molar-refractivity contribution in [2.75, 3.05) is 19.7 Å². The number of benzene rings is 1. The van der Waals surface area contributed by atoms with Crippen LogP contribution in [0.25, 0.3) is 0 Å². The van der Waals surface area contributed by atoms with Gasteiger partial charge >= 0.3 is 6.03 Å². The van der Waals surface area contributed by atoms with Crippen molar-refractivity contribution in [3.8, 4) is 5.75 Å². The summed E-state index contributed by atoms with van der Waals surface area (Å²) >= 11 is 0. The Balaban J connectivity index is 1.36. The van der Waals surface area contributed by atoms with Crippen LogP contribution in [0.4, 0.5) is 9.18 Å². The van der Waals surface area contributed by atoms with E-state index in [1.165, 1.54) is 12.1 Å². The SMILES string of the molecule is CC1CCCCC12NC(=O)N(CC(=O)NCCCCOc1ccc(F)cc1)C2=O. The van der Waals surface area contributed by atoms with Gasteiger partial charge in [0.25, 0.3) is 5.91 Å². The largest absolute Gasteiger partial charge is 0.494 e. The highest BCUT2D eigenvalue weighted by molar-refractivity contribution is 6.09. The van der Waals surface area contributed by atoms with E-state index >= 15 is 0 Å². The second-order valence-corrected chi connectivity index (χ2v) is 7.80. The Bertz CT molecular complexity index is 755. The zero-order valence-electron chi connectivity index (χ0n) is 16.7. The maximum atomic E-state index is 12.8. The molecule has 2 aliphatic rings. The number of carbonyl (C=O) groups excluding carboxylic acids is 3. The predicted molar refractivity (Wildman–Crippen MR) is 105 cm³/mol. The molecule has 8 heteroatoms. The zero-order valence-corrected chi connectivity index (χ0v) is 16.7. The number of unbranched alkanes of at least 4 members (excludes halogenated alkanes) is 1. The predicted octanol–water partition coefficient (Wildman–Crippen LogP) is 2.60. The molecule has 1 spiro atoms. The Hall–Kier alpha value is -2.64. The number of rotatable bonds is 8. The molecule has 1 aromatic rings. The first-order chi connectivity index (χ1) is 13.9. The van der Waals surface area contributed by atoms with Crippen LogP contribution in [-0.2, 0) is 9.59 Å². The molecule has 29 heavy (non-hydrogen) atoms. The maximum absolute atomic E-state index is 12.8. The molecule has 158 valence electrons. The number of halogens is 1. The van der Waals surface area contributed by atoms with Gasteiger partial charge in [-0.3, -0.25) is 14.5 Å². The molecule has 2 N–H and O–H groups in total. The Labute approximate surface area is 170 Å². The highest BCUT2D eigenvalue weighted by Gasteiger charge is 2.55. The molecule has 1 saturated carbocycles. The van der Waals surface area contributed by atoms with E-state index in [1.54, 1.807) is 12.1 Å². The summed E-state index contributed by atoms with van der Waals surface area (Å²) in [4.78, 5) is 38.3. The van der Waals surface area contributed by atoms with Gasteiger partial charge in [0.2, 0.25) is 5.91 Å². The summed E-state index contributed by atoms with van der Waals surface area (Å²) in [6.07, 6.45) is 4.88. The smallest absolute Gasteiger partial charge is 0.325 e. The average molecular weight is 405 g/mol. The molecule has 7 nitrogen and oxygen atoms in total. The van der Waals surface area contributed by atoms with Gasteiger partial charge in [-0.2, -0.15) is 0 Å². The van der Waals surface area contributed by atoms with E-state index in [4.69, 9.17) is 4.74 Å². The monoisotopic (exact) mass is 405 g/mol. The Morgan fingerprint density at radius 2 is 2.03 bits per heavy atom. The summed E-state index contributed by atoms with van der Waals surface area (Å²) in [7, 11) is 0. The lowest BCUT2D eigenvalue weighted by molar-refractivity contribution is -0.137. The van der Waals surface area contributed by atoms with E-state index in [0.717, 1.165) is 24.2 Å². The van der Waals surface area contributed by atoms with Crippen molar-refractivity contribution in [3.05, 3.63) is 30.1 Å². The number of nitrogens with zero attached hydrogens (tertiary/aromatic N) is 1. The van der Waals surface area contributed by atoms with Crippen molar-refractivity contribution in [3.63, 3.8) is 0 Å². The molecular weight excluding hydrogens is 377 g/mol. The second kappa shape index (κ2) is 9.24. The van der Waals surface area contributed by atoms with Gasteiger partial charge < -0.3 is 15.4 Å². The molecule has 0 aromatic heterocycles. The first kappa shape index (κ1) is 21.1. The van der Waals surface area contributed by atoms with Crippen LogP contribution < -0.4 is 15.4 Å². The van der Waals surface area contributed by atoms with Gasteiger partial charge in [-0.05, 0) is 55.9 Å². The molecule has 2 unspecified atom stereocenters. The molecule has 3 rings (SSSR count). The number of hydrogen-bond donors (Lipinski definition) is 2. The van der Waals surface area contributed by atoms with Crippen molar-refractivity contribution < 1.29 is 23.5 Å². The van der Waals surface area contributed by atoms with Gasteiger partial charge in [-0.15, -0.1) is 0 Å². The van der Waals surface area contributed by atoms with Crippen molar-refractivity contribution in [1.29, 1.82) is 0 Å². The topological polar surface area (TPSA) is 87.7 Å². The van der Waals surface area contributed by atoms with Crippen LogP contribution in [0.5, 0.6) is 5.75 Å². The van der Waals surface area contributed by atoms with Crippen LogP contribution in [0, 0.1) is 11.7 Å². The first-order valence-electron chi connectivity index (χ1n) is 10.2. The minimum absolute atomic E-state index is 0.0712. The fourth-order valence-corrected chi connectivity index (χ4v) is 4.01. The summed E-state index contributed by atoms with van der Waals surface area (Å²) < 4.78 is 18.3. The molecule has 0 bridgehead atoms. The molecule has 1 aliphatic carbocycles. The minimum atomic E-state index is -0.840. The second-order valence-electron chi connectivity index (χ2n) is 7.80. The Morgan fingerprint density at radius 3 is 2.76 bits per heavy atom. The van der Waals surface area contributed by atoms with Crippen LogP contribution in [0.1, 0.15) is 45.4 Å². The summed E-state index contributed by atoms with van der Waals surface area (Å²) in [6.45, 7) is 2.60. The lowest BCUT2D eigenvalue weighted by atomic mass is 9.73. The van der Waals surface area contributed by atoms with E-state index in [-0.39, 0.29) is 30.1 Å². The number of carbonyl (C=O) groups is 3. The summed E-state index contributed by atoms with van der Waals surface area (Å²) in [6, 6.07) is 5.32. The minimum Gasteiger partial charge on any atom is -0.494 e. The Kier molecular flexibility index (Phi) is 6.71. The van der Waals surface area contributed by atoms with Crippen molar-refractivity contribution in [1.82, 2.24) is 15.5 Å². The number of urea groups is 1. The molecule has 1 heterocycles. The molecule has 1 aliphatic heterocycles.